The number of nitrogens with zero attached hydrogens (tertiary/aromatic N) is 2. The fourth-order valence-electron chi connectivity index (χ4n) is 2.12. The summed E-state index contributed by atoms with van der Waals surface area (Å²) in [6.45, 7) is 1.44. The molecule has 19 heavy (non-hydrogen) atoms. The standard InChI is InChI=1S/C12H13Cl2F3N2/c13-6-8-1-3-19(4-2-8)11-10(14)5-9(7-18-11)12(15,16)17/h5,7-8H,1-4,6H2. The summed E-state index contributed by atoms with van der Waals surface area (Å²) in [7, 11) is 0. The number of halogens is 5. The van der Waals surface area contributed by atoms with E-state index in [1.165, 1.54) is 0 Å². The zero-order valence-electron chi connectivity index (χ0n) is 10.1. The Kier molecular flexibility index (Phi) is 4.46. The minimum Gasteiger partial charge on any atom is -0.355 e. The van der Waals surface area contributed by atoms with Gasteiger partial charge in [0.1, 0.15) is 5.82 Å². The molecule has 1 aliphatic rings. The van der Waals surface area contributed by atoms with Gasteiger partial charge in [0.2, 0.25) is 0 Å². The highest BCUT2D eigenvalue weighted by atomic mass is 35.5. The molecule has 0 bridgehead atoms. The minimum atomic E-state index is -4.42. The lowest BCUT2D eigenvalue weighted by molar-refractivity contribution is -0.137. The maximum Gasteiger partial charge on any atom is 0.417 e. The summed E-state index contributed by atoms with van der Waals surface area (Å²) in [5.74, 6) is 1.50. The molecule has 7 heteroatoms. The van der Waals surface area contributed by atoms with E-state index in [4.69, 9.17) is 23.2 Å². The summed E-state index contributed by atoms with van der Waals surface area (Å²) >= 11 is 11.7. The Hall–Kier alpha value is -0.680. The van der Waals surface area contributed by atoms with Gasteiger partial charge in [0, 0.05) is 25.2 Å². The van der Waals surface area contributed by atoms with E-state index in [1.54, 1.807) is 0 Å². The van der Waals surface area contributed by atoms with Crippen molar-refractivity contribution in [2.24, 2.45) is 5.92 Å². The highest BCUT2D eigenvalue weighted by molar-refractivity contribution is 6.33. The van der Waals surface area contributed by atoms with Crippen molar-refractivity contribution >= 4 is 29.0 Å². The van der Waals surface area contributed by atoms with Gasteiger partial charge in [-0.05, 0) is 24.8 Å². The molecule has 0 amide bonds. The van der Waals surface area contributed by atoms with E-state index in [-0.39, 0.29) is 5.02 Å². The second-order valence-electron chi connectivity index (χ2n) is 4.61. The van der Waals surface area contributed by atoms with Gasteiger partial charge < -0.3 is 4.90 Å². The van der Waals surface area contributed by atoms with E-state index in [2.05, 4.69) is 4.98 Å². The lowest BCUT2D eigenvalue weighted by atomic mass is 9.99. The molecule has 2 nitrogen and oxygen atoms in total. The molecule has 1 aliphatic heterocycles. The maximum absolute atomic E-state index is 12.5. The molecule has 1 aromatic heterocycles. The van der Waals surface area contributed by atoms with Crippen LogP contribution in [-0.4, -0.2) is 24.0 Å². The number of aromatic nitrogens is 1. The molecule has 1 saturated heterocycles. The van der Waals surface area contributed by atoms with Crippen LogP contribution in [-0.2, 0) is 6.18 Å². The number of hydrogen-bond acceptors (Lipinski definition) is 2. The summed E-state index contributed by atoms with van der Waals surface area (Å²) in [5.41, 5.74) is -0.822. The van der Waals surface area contributed by atoms with Crippen LogP contribution >= 0.6 is 23.2 Å². The SMILES string of the molecule is FC(F)(F)c1cnc(N2CCC(CCl)CC2)c(Cl)c1. The summed E-state index contributed by atoms with van der Waals surface area (Å²) in [6, 6.07) is 0.928. The van der Waals surface area contributed by atoms with Crippen molar-refractivity contribution in [3.05, 3.63) is 22.8 Å². The van der Waals surface area contributed by atoms with Gasteiger partial charge in [-0.15, -0.1) is 11.6 Å². The van der Waals surface area contributed by atoms with E-state index in [0.29, 0.717) is 17.6 Å². The number of alkyl halides is 4. The quantitative estimate of drug-likeness (QED) is 0.760. The van der Waals surface area contributed by atoms with Crippen LogP contribution in [0.25, 0.3) is 0 Å². The van der Waals surface area contributed by atoms with E-state index < -0.39 is 11.7 Å². The Morgan fingerprint density at radius 3 is 2.42 bits per heavy atom. The van der Waals surface area contributed by atoms with E-state index in [9.17, 15) is 13.2 Å². The van der Waals surface area contributed by atoms with Gasteiger partial charge in [0.05, 0.1) is 10.6 Å². The molecule has 0 aliphatic carbocycles. The number of pyridine rings is 1. The zero-order chi connectivity index (χ0) is 14.0. The first kappa shape index (κ1) is 14.7. The van der Waals surface area contributed by atoms with Crippen molar-refractivity contribution in [3.63, 3.8) is 0 Å². The van der Waals surface area contributed by atoms with Gasteiger partial charge in [0.15, 0.2) is 0 Å². The second kappa shape index (κ2) is 5.75. The minimum absolute atomic E-state index is 0.0409. The topological polar surface area (TPSA) is 16.1 Å². The third-order valence-electron chi connectivity index (χ3n) is 3.28. The van der Waals surface area contributed by atoms with Gasteiger partial charge in [-0.2, -0.15) is 13.2 Å². The second-order valence-corrected chi connectivity index (χ2v) is 5.33. The van der Waals surface area contributed by atoms with Crippen molar-refractivity contribution in [2.45, 2.75) is 19.0 Å². The number of piperidine rings is 1. The van der Waals surface area contributed by atoms with E-state index in [0.717, 1.165) is 38.2 Å². The molecule has 0 aromatic carbocycles. The molecular weight excluding hydrogens is 300 g/mol. The maximum atomic E-state index is 12.5. The average Bonchev–Trinajstić information content (AvgIpc) is 2.38. The number of anilines is 1. The first-order valence-electron chi connectivity index (χ1n) is 5.95. The molecule has 2 heterocycles. The molecule has 0 unspecified atom stereocenters. The van der Waals surface area contributed by atoms with Crippen LogP contribution in [0.4, 0.5) is 19.0 Å². The monoisotopic (exact) mass is 312 g/mol. The summed E-state index contributed by atoms with van der Waals surface area (Å²) in [5, 5.41) is 0.0409. The first-order chi connectivity index (χ1) is 8.91. The van der Waals surface area contributed by atoms with E-state index >= 15 is 0 Å². The molecule has 0 N–H and O–H groups in total. The third kappa shape index (κ3) is 3.45. The Morgan fingerprint density at radius 2 is 1.95 bits per heavy atom. The van der Waals surface area contributed by atoms with Crippen LogP contribution in [0.2, 0.25) is 5.02 Å². The van der Waals surface area contributed by atoms with Gasteiger partial charge in [-0.3, -0.25) is 0 Å². The van der Waals surface area contributed by atoms with E-state index in [1.807, 2.05) is 4.90 Å². The summed E-state index contributed by atoms with van der Waals surface area (Å²) in [6.07, 6.45) is -1.78. The molecular formula is C12H13Cl2F3N2. The predicted molar refractivity (Wildman–Crippen MR) is 69.9 cm³/mol. The first-order valence-corrected chi connectivity index (χ1v) is 6.86. The van der Waals surface area contributed by atoms with Crippen molar-refractivity contribution in [1.82, 2.24) is 4.98 Å². The molecule has 106 valence electrons. The van der Waals surface area contributed by atoms with Crippen molar-refractivity contribution in [3.8, 4) is 0 Å². The van der Waals surface area contributed by atoms with Crippen LogP contribution < -0.4 is 4.90 Å². The average molecular weight is 313 g/mol. The third-order valence-corrected chi connectivity index (χ3v) is 4.00. The molecule has 0 atom stereocenters. The fourth-order valence-corrected chi connectivity index (χ4v) is 2.71. The highest BCUT2D eigenvalue weighted by Crippen LogP contribution is 2.34. The van der Waals surface area contributed by atoms with Crippen molar-refractivity contribution in [2.75, 3.05) is 23.9 Å². The fraction of sp³-hybridized carbons (Fsp3) is 0.583. The predicted octanol–water partition coefficient (Wildman–Crippen LogP) is 4.21. The largest absolute Gasteiger partial charge is 0.417 e. The Labute approximate surface area is 119 Å². The number of hydrogen-bond donors (Lipinski definition) is 0. The lowest BCUT2D eigenvalue weighted by Gasteiger charge is -2.32. The van der Waals surface area contributed by atoms with Gasteiger partial charge in [0.25, 0.3) is 0 Å². The number of rotatable bonds is 2. The molecule has 1 fully saturated rings. The molecule has 0 saturated carbocycles. The molecule has 0 radical (unpaired) electrons. The van der Waals surface area contributed by atoms with Crippen LogP contribution in [0.3, 0.4) is 0 Å². The summed E-state index contributed by atoms with van der Waals surface area (Å²) in [4.78, 5) is 5.77. The van der Waals surface area contributed by atoms with Crippen LogP contribution in [0.15, 0.2) is 12.3 Å². The summed E-state index contributed by atoms with van der Waals surface area (Å²) < 4.78 is 37.5. The van der Waals surface area contributed by atoms with Crippen LogP contribution in [0.5, 0.6) is 0 Å². The smallest absolute Gasteiger partial charge is 0.355 e. The lowest BCUT2D eigenvalue weighted by Crippen LogP contribution is -2.35. The van der Waals surface area contributed by atoms with Crippen molar-refractivity contribution in [1.29, 1.82) is 0 Å². The Bertz CT molecular complexity index is 443. The van der Waals surface area contributed by atoms with Crippen LogP contribution in [0, 0.1) is 5.92 Å². The van der Waals surface area contributed by atoms with Gasteiger partial charge in [-0.25, -0.2) is 4.98 Å². The molecule has 0 spiro atoms. The van der Waals surface area contributed by atoms with Gasteiger partial charge >= 0.3 is 6.18 Å². The molecule has 1 aromatic rings. The molecule has 2 rings (SSSR count). The Balaban J connectivity index is 2.14. The highest BCUT2D eigenvalue weighted by Gasteiger charge is 2.32. The van der Waals surface area contributed by atoms with Crippen molar-refractivity contribution < 1.29 is 13.2 Å². The Morgan fingerprint density at radius 1 is 1.32 bits per heavy atom. The zero-order valence-corrected chi connectivity index (χ0v) is 11.6. The normalized spacial score (nSPS) is 17.8. The van der Waals surface area contributed by atoms with Gasteiger partial charge in [-0.1, -0.05) is 11.6 Å². The van der Waals surface area contributed by atoms with Crippen LogP contribution in [0.1, 0.15) is 18.4 Å².